The fourth-order valence-electron chi connectivity index (χ4n) is 2.48. The van der Waals surface area contributed by atoms with E-state index in [-0.39, 0.29) is 6.04 Å². The molecule has 1 aliphatic rings. The lowest BCUT2D eigenvalue weighted by Crippen LogP contribution is -2.38. The molecule has 0 bridgehead atoms. The Kier molecular flexibility index (Phi) is 6.38. The lowest BCUT2D eigenvalue weighted by molar-refractivity contribution is 0.490. The topological polar surface area (TPSA) is 12.0 Å². The van der Waals surface area contributed by atoms with E-state index in [0.29, 0.717) is 21.3 Å². The summed E-state index contributed by atoms with van der Waals surface area (Å²) in [5, 5.41) is 4.93. The van der Waals surface area contributed by atoms with Crippen LogP contribution in [0.4, 0.5) is 8.78 Å². The van der Waals surface area contributed by atoms with Crippen molar-refractivity contribution < 1.29 is 8.78 Å². The maximum atomic E-state index is 14.2. The molecular formula is C16H23F2NS2. The average Bonchev–Trinajstić information content (AvgIpc) is 2.44. The minimum atomic E-state index is -0.516. The smallest absolute Gasteiger partial charge is 0.130 e. The number of hydrogen-bond donors (Lipinski definition) is 1. The minimum Gasteiger partial charge on any atom is -0.309 e. The summed E-state index contributed by atoms with van der Waals surface area (Å²) in [4.78, 5) is 0. The number of nitrogens with one attached hydrogen (secondary N) is 1. The van der Waals surface area contributed by atoms with Crippen LogP contribution >= 0.6 is 23.5 Å². The highest BCUT2D eigenvalue weighted by Gasteiger charge is 2.33. The summed E-state index contributed by atoms with van der Waals surface area (Å²) in [6, 6.07) is 3.87. The molecule has 1 aromatic rings. The van der Waals surface area contributed by atoms with E-state index in [1.165, 1.54) is 6.07 Å². The van der Waals surface area contributed by atoms with E-state index in [1.54, 1.807) is 6.07 Å². The molecule has 1 heterocycles. The van der Waals surface area contributed by atoms with Crippen molar-refractivity contribution in [3.8, 4) is 0 Å². The van der Waals surface area contributed by atoms with Gasteiger partial charge in [-0.3, -0.25) is 0 Å². The lowest BCUT2D eigenvalue weighted by Gasteiger charge is -2.36. The zero-order chi connectivity index (χ0) is 15.4. The number of halogens is 2. The molecule has 0 amide bonds. The Morgan fingerprint density at radius 3 is 2.67 bits per heavy atom. The molecule has 1 fully saturated rings. The minimum absolute atomic E-state index is 0.0574. The van der Waals surface area contributed by atoms with E-state index >= 15 is 0 Å². The molecule has 1 N–H and O–H groups in total. The number of rotatable bonds is 5. The van der Waals surface area contributed by atoms with Gasteiger partial charge in [-0.2, -0.15) is 23.5 Å². The van der Waals surface area contributed by atoms with Gasteiger partial charge in [-0.15, -0.1) is 0 Å². The predicted molar refractivity (Wildman–Crippen MR) is 90.2 cm³/mol. The quantitative estimate of drug-likeness (QED) is 0.845. The average molecular weight is 331 g/mol. The van der Waals surface area contributed by atoms with Gasteiger partial charge in [0.15, 0.2) is 0 Å². The molecule has 1 nitrogen and oxygen atoms in total. The maximum Gasteiger partial charge on any atom is 0.130 e. The van der Waals surface area contributed by atoms with Crippen LogP contribution in [0.1, 0.15) is 38.8 Å². The van der Waals surface area contributed by atoms with Crippen molar-refractivity contribution in [1.29, 1.82) is 0 Å². The van der Waals surface area contributed by atoms with Crippen LogP contribution in [0.5, 0.6) is 0 Å². The van der Waals surface area contributed by atoms with Crippen LogP contribution in [-0.4, -0.2) is 28.0 Å². The third kappa shape index (κ3) is 4.36. The summed E-state index contributed by atoms with van der Waals surface area (Å²) in [5.74, 6) is 0.0348. The van der Waals surface area contributed by atoms with Gasteiger partial charge in [0, 0.05) is 39.2 Å². The zero-order valence-electron chi connectivity index (χ0n) is 12.7. The van der Waals surface area contributed by atoms with Crippen molar-refractivity contribution in [3.63, 3.8) is 0 Å². The first-order valence-electron chi connectivity index (χ1n) is 7.48. The van der Waals surface area contributed by atoms with Gasteiger partial charge in [-0.25, -0.2) is 8.78 Å². The second-order valence-corrected chi connectivity index (χ2v) is 8.55. The summed E-state index contributed by atoms with van der Waals surface area (Å²) in [5.41, 5.74) is 0.588. The van der Waals surface area contributed by atoms with Crippen molar-refractivity contribution in [2.24, 2.45) is 0 Å². The van der Waals surface area contributed by atoms with Gasteiger partial charge >= 0.3 is 0 Å². The maximum absolute atomic E-state index is 14.2. The highest BCUT2D eigenvalue weighted by Crippen LogP contribution is 2.41. The predicted octanol–water partition coefficient (Wildman–Crippen LogP) is 4.63. The van der Waals surface area contributed by atoms with E-state index < -0.39 is 11.6 Å². The Labute approximate surface area is 134 Å². The van der Waals surface area contributed by atoms with Gasteiger partial charge in [-0.1, -0.05) is 26.8 Å². The largest absolute Gasteiger partial charge is 0.309 e. The standard InChI is InChI=1S/C16H23F2NS2/c1-4-7-19-16(13-6-5-12(17)8-14(13)18)15-9-20-10(2)11(3)21-15/h5-6,8,10-11,15-16,19H,4,7,9H2,1-3H3. The number of thioether (sulfide) groups is 2. The first-order chi connectivity index (χ1) is 10.0. The van der Waals surface area contributed by atoms with Crippen LogP contribution in [0.25, 0.3) is 0 Å². The first-order valence-corrected chi connectivity index (χ1v) is 9.47. The van der Waals surface area contributed by atoms with Crippen LogP contribution in [0.15, 0.2) is 18.2 Å². The molecule has 0 radical (unpaired) electrons. The SMILES string of the molecule is CCCNC(c1ccc(F)cc1F)C1CSC(C)C(C)S1. The summed E-state index contributed by atoms with van der Waals surface area (Å²) < 4.78 is 27.3. The van der Waals surface area contributed by atoms with Crippen molar-refractivity contribution in [1.82, 2.24) is 5.32 Å². The molecule has 1 aromatic carbocycles. The van der Waals surface area contributed by atoms with E-state index in [9.17, 15) is 8.78 Å². The van der Waals surface area contributed by atoms with Gasteiger partial charge < -0.3 is 5.32 Å². The van der Waals surface area contributed by atoms with Gasteiger partial charge in [-0.05, 0) is 19.0 Å². The van der Waals surface area contributed by atoms with Crippen LogP contribution in [-0.2, 0) is 0 Å². The zero-order valence-corrected chi connectivity index (χ0v) is 14.4. The molecule has 0 saturated carbocycles. The third-order valence-corrected chi connectivity index (χ3v) is 7.35. The van der Waals surface area contributed by atoms with Crippen LogP contribution in [0.2, 0.25) is 0 Å². The Bertz CT molecular complexity index is 470. The second kappa shape index (κ2) is 7.84. The van der Waals surface area contributed by atoms with Crippen molar-refractivity contribution >= 4 is 23.5 Å². The Morgan fingerprint density at radius 1 is 1.29 bits per heavy atom. The van der Waals surface area contributed by atoms with Gasteiger partial charge in [0.25, 0.3) is 0 Å². The molecule has 118 valence electrons. The molecule has 4 atom stereocenters. The monoisotopic (exact) mass is 331 g/mol. The van der Waals surface area contributed by atoms with Crippen LogP contribution < -0.4 is 5.32 Å². The molecule has 0 spiro atoms. The number of hydrogen-bond acceptors (Lipinski definition) is 3. The molecule has 4 unspecified atom stereocenters. The molecular weight excluding hydrogens is 308 g/mol. The first kappa shape index (κ1) is 17.1. The van der Waals surface area contributed by atoms with Crippen molar-refractivity contribution in [2.45, 2.75) is 49.0 Å². The molecule has 2 rings (SSSR count). The van der Waals surface area contributed by atoms with E-state index in [2.05, 4.69) is 26.1 Å². The van der Waals surface area contributed by atoms with Gasteiger partial charge in [0.05, 0.1) is 0 Å². The van der Waals surface area contributed by atoms with Crippen LogP contribution in [0, 0.1) is 11.6 Å². The Balaban J connectivity index is 2.21. The Hall–Kier alpha value is -0.260. The fraction of sp³-hybridized carbons (Fsp3) is 0.625. The number of benzene rings is 1. The molecule has 21 heavy (non-hydrogen) atoms. The lowest BCUT2D eigenvalue weighted by atomic mass is 10.0. The van der Waals surface area contributed by atoms with Crippen LogP contribution in [0.3, 0.4) is 0 Å². The molecule has 1 aliphatic heterocycles. The Morgan fingerprint density at radius 2 is 2.05 bits per heavy atom. The highest BCUT2D eigenvalue weighted by atomic mass is 32.2. The molecule has 0 aliphatic carbocycles. The van der Waals surface area contributed by atoms with Gasteiger partial charge in [0.1, 0.15) is 11.6 Å². The van der Waals surface area contributed by atoms with Gasteiger partial charge in [0.2, 0.25) is 0 Å². The summed E-state index contributed by atoms with van der Waals surface area (Å²) in [7, 11) is 0. The third-order valence-electron chi connectivity index (χ3n) is 3.86. The van der Waals surface area contributed by atoms with Crippen molar-refractivity contribution in [2.75, 3.05) is 12.3 Å². The highest BCUT2D eigenvalue weighted by molar-refractivity contribution is 8.07. The van der Waals surface area contributed by atoms with E-state index in [4.69, 9.17) is 0 Å². The normalized spacial score (nSPS) is 27.6. The second-order valence-electron chi connectivity index (χ2n) is 5.52. The molecule has 5 heteroatoms. The summed E-state index contributed by atoms with van der Waals surface area (Å²) >= 11 is 3.86. The summed E-state index contributed by atoms with van der Waals surface area (Å²) in [6.45, 7) is 7.41. The van der Waals surface area contributed by atoms with E-state index in [0.717, 1.165) is 24.8 Å². The van der Waals surface area contributed by atoms with Crippen molar-refractivity contribution in [3.05, 3.63) is 35.4 Å². The van der Waals surface area contributed by atoms with E-state index in [1.807, 2.05) is 23.5 Å². The molecule has 1 saturated heterocycles. The summed E-state index contributed by atoms with van der Waals surface area (Å²) in [6.07, 6.45) is 0.996. The fourth-order valence-corrected chi connectivity index (χ4v) is 5.59. The molecule has 0 aromatic heterocycles.